The van der Waals surface area contributed by atoms with Crippen LogP contribution in [0.4, 0.5) is 0 Å². The smallest absolute Gasteiger partial charge is 0.356 e. The van der Waals surface area contributed by atoms with Crippen LogP contribution in [0.2, 0.25) is 0 Å². The highest BCUT2D eigenvalue weighted by Gasteiger charge is 2.23. The van der Waals surface area contributed by atoms with E-state index in [4.69, 9.17) is 14.2 Å². The van der Waals surface area contributed by atoms with E-state index in [1.807, 2.05) is 0 Å². The van der Waals surface area contributed by atoms with E-state index in [2.05, 4.69) is 0 Å². The fourth-order valence-corrected chi connectivity index (χ4v) is 2.04. The van der Waals surface area contributed by atoms with Crippen LogP contribution < -0.4 is 5.30 Å². The van der Waals surface area contributed by atoms with Gasteiger partial charge < -0.3 is 14.2 Å². The average Bonchev–Trinajstić information content (AvgIpc) is 2.45. The first kappa shape index (κ1) is 8.51. The summed E-state index contributed by atoms with van der Waals surface area (Å²) in [4.78, 5) is 17.9. The molecule has 68 valence electrons. The molecular formula is C8H7O4P. The standard InChI is InChI=1S/C8H7O4P/c9-13(10,11)8-2-1-6-5-12-4-3-7(6)8/h1-5H,(H2,9,10,11). The molecule has 4 nitrogen and oxygen atoms in total. The monoisotopic (exact) mass is 198 g/mol. The molecular weight excluding hydrogens is 191 g/mol. The Labute approximate surface area is 74.3 Å². The maximum absolute atomic E-state index is 11.0. The van der Waals surface area contributed by atoms with Gasteiger partial charge in [0.1, 0.15) is 0 Å². The predicted octanol–water partition coefficient (Wildman–Crippen LogP) is 1.19. The molecule has 0 unspecified atom stereocenters. The third-order valence-electron chi connectivity index (χ3n) is 1.83. The molecule has 0 fully saturated rings. The molecule has 0 saturated heterocycles. The van der Waals surface area contributed by atoms with E-state index in [1.54, 1.807) is 12.1 Å². The summed E-state index contributed by atoms with van der Waals surface area (Å²) in [6.07, 6.45) is 2.84. The molecule has 5 heteroatoms. The van der Waals surface area contributed by atoms with Crippen molar-refractivity contribution in [1.82, 2.24) is 0 Å². The van der Waals surface area contributed by atoms with Crippen LogP contribution >= 0.6 is 7.60 Å². The van der Waals surface area contributed by atoms with Crippen molar-refractivity contribution in [2.75, 3.05) is 0 Å². The SMILES string of the molecule is O=P(O)(O)c1ccc2coccc1-2. The zero-order valence-corrected chi connectivity index (χ0v) is 7.44. The Bertz CT molecular complexity index is 441. The van der Waals surface area contributed by atoms with Crippen LogP contribution in [0.1, 0.15) is 0 Å². The Kier molecular flexibility index (Phi) is 1.77. The van der Waals surface area contributed by atoms with Crippen molar-refractivity contribution in [3.8, 4) is 11.1 Å². The number of hydrogen-bond donors (Lipinski definition) is 2. The van der Waals surface area contributed by atoms with E-state index in [-0.39, 0.29) is 5.30 Å². The summed E-state index contributed by atoms with van der Waals surface area (Å²) in [5, 5.41) is 0.0540. The van der Waals surface area contributed by atoms with E-state index in [0.717, 1.165) is 0 Å². The second kappa shape index (κ2) is 2.70. The molecule has 1 aliphatic heterocycles. The van der Waals surface area contributed by atoms with E-state index in [9.17, 15) is 4.57 Å². The maximum atomic E-state index is 11.0. The minimum atomic E-state index is -4.16. The molecule has 2 rings (SSSR count). The Balaban J connectivity index is 2.69. The molecule has 1 heterocycles. The molecule has 0 aromatic carbocycles. The molecule has 2 aliphatic rings. The summed E-state index contributed by atoms with van der Waals surface area (Å²) < 4.78 is 15.8. The van der Waals surface area contributed by atoms with E-state index < -0.39 is 7.60 Å². The maximum Gasteiger partial charge on any atom is 0.356 e. The van der Waals surface area contributed by atoms with Gasteiger partial charge in [0.25, 0.3) is 0 Å². The van der Waals surface area contributed by atoms with E-state index in [1.165, 1.54) is 18.6 Å². The first-order valence-corrected chi connectivity index (χ1v) is 5.21. The van der Waals surface area contributed by atoms with Crippen LogP contribution in [-0.4, -0.2) is 9.79 Å². The van der Waals surface area contributed by atoms with Gasteiger partial charge in [-0.25, -0.2) is 0 Å². The topological polar surface area (TPSA) is 70.7 Å². The van der Waals surface area contributed by atoms with Gasteiger partial charge in [-0.05, 0) is 12.1 Å². The highest BCUT2D eigenvalue weighted by atomic mass is 31.2. The summed E-state index contributed by atoms with van der Waals surface area (Å²) in [5.41, 5.74) is 1.24. The minimum Gasteiger partial charge on any atom is -0.472 e. The first-order chi connectivity index (χ1) is 6.09. The molecule has 0 bridgehead atoms. The summed E-state index contributed by atoms with van der Waals surface area (Å²) in [6.45, 7) is 0. The molecule has 0 spiro atoms. The number of rotatable bonds is 1. The quantitative estimate of drug-likeness (QED) is 0.675. The molecule has 0 saturated carbocycles. The Morgan fingerprint density at radius 2 is 2.00 bits per heavy atom. The van der Waals surface area contributed by atoms with Crippen molar-refractivity contribution in [3.05, 3.63) is 30.7 Å². The lowest BCUT2D eigenvalue weighted by Crippen LogP contribution is -2.02. The average molecular weight is 198 g/mol. The highest BCUT2D eigenvalue weighted by molar-refractivity contribution is 7.60. The van der Waals surface area contributed by atoms with Gasteiger partial charge in [-0.15, -0.1) is 0 Å². The molecule has 0 amide bonds. The van der Waals surface area contributed by atoms with Crippen molar-refractivity contribution < 1.29 is 18.8 Å². The van der Waals surface area contributed by atoms with Crippen molar-refractivity contribution >= 4 is 12.9 Å². The molecule has 0 aromatic heterocycles. The van der Waals surface area contributed by atoms with Gasteiger partial charge in [-0.2, -0.15) is 0 Å². The molecule has 0 radical (unpaired) electrons. The minimum absolute atomic E-state index is 0.0540. The van der Waals surface area contributed by atoms with E-state index in [0.29, 0.717) is 11.1 Å². The number of fused-ring (bicyclic) bond motifs is 1. The first-order valence-electron chi connectivity index (χ1n) is 3.60. The second-order valence-corrected chi connectivity index (χ2v) is 4.26. The van der Waals surface area contributed by atoms with Crippen molar-refractivity contribution in [1.29, 1.82) is 0 Å². The van der Waals surface area contributed by atoms with Crippen LogP contribution in [0.3, 0.4) is 0 Å². The fourth-order valence-electron chi connectivity index (χ4n) is 1.25. The summed E-state index contributed by atoms with van der Waals surface area (Å²) >= 11 is 0. The number of hydrogen-bond acceptors (Lipinski definition) is 2. The molecule has 1 aliphatic carbocycles. The Morgan fingerprint density at radius 3 is 2.69 bits per heavy atom. The van der Waals surface area contributed by atoms with Crippen molar-refractivity contribution in [3.63, 3.8) is 0 Å². The fraction of sp³-hybridized carbons (Fsp3) is 0. The molecule has 13 heavy (non-hydrogen) atoms. The van der Waals surface area contributed by atoms with Crippen LogP contribution in [-0.2, 0) is 4.57 Å². The Hall–Kier alpha value is -1.09. The van der Waals surface area contributed by atoms with Gasteiger partial charge in [0.15, 0.2) is 0 Å². The van der Waals surface area contributed by atoms with Crippen LogP contribution in [0.5, 0.6) is 0 Å². The van der Waals surface area contributed by atoms with Crippen LogP contribution in [0, 0.1) is 0 Å². The predicted molar refractivity (Wildman–Crippen MR) is 47.0 cm³/mol. The van der Waals surface area contributed by atoms with Crippen LogP contribution in [0.25, 0.3) is 11.1 Å². The zero-order chi connectivity index (χ0) is 9.47. The molecule has 2 N–H and O–H groups in total. The summed E-state index contributed by atoms with van der Waals surface area (Å²) in [7, 11) is -4.16. The zero-order valence-electron chi connectivity index (χ0n) is 6.54. The largest absolute Gasteiger partial charge is 0.472 e. The van der Waals surface area contributed by atoms with Gasteiger partial charge >= 0.3 is 7.60 Å². The lowest BCUT2D eigenvalue weighted by molar-refractivity contribution is 0.387. The molecule has 0 atom stereocenters. The van der Waals surface area contributed by atoms with Gasteiger partial charge in [-0.1, -0.05) is 6.07 Å². The van der Waals surface area contributed by atoms with E-state index >= 15 is 0 Å². The van der Waals surface area contributed by atoms with Crippen molar-refractivity contribution in [2.45, 2.75) is 0 Å². The van der Waals surface area contributed by atoms with Gasteiger partial charge in [0, 0.05) is 11.1 Å². The lowest BCUT2D eigenvalue weighted by atomic mass is 10.2. The third-order valence-corrected chi connectivity index (χ3v) is 2.85. The summed E-state index contributed by atoms with van der Waals surface area (Å²) in [5.74, 6) is 0. The van der Waals surface area contributed by atoms with Gasteiger partial charge in [0.05, 0.1) is 17.8 Å². The van der Waals surface area contributed by atoms with Crippen LogP contribution in [0.15, 0.2) is 35.1 Å². The van der Waals surface area contributed by atoms with Gasteiger partial charge in [-0.3, -0.25) is 4.57 Å². The highest BCUT2D eigenvalue weighted by Crippen LogP contribution is 2.39. The normalized spacial score (nSPS) is 12.2. The lowest BCUT2D eigenvalue weighted by Gasteiger charge is -2.04. The van der Waals surface area contributed by atoms with Crippen molar-refractivity contribution in [2.24, 2.45) is 0 Å². The van der Waals surface area contributed by atoms with Gasteiger partial charge in [0.2, 0.25) is 0 Å². The third kappa shape index (κ3) is 1.40. The second-order valence-electron chi connectivity index (χ2n) is 2.69. The summed E-state index contributed by atoms with van der Waals surface area (Å²) in [6, 6.07) is 4.58. The molecule has 0 aromatic rings. The Morgan fingerprint density at radius 1 is 1.23 bits per heavy atom.